The van der Waals surface area contributed by atoms with Gasteiger partial charge in [0, 0.05) is 37.3 Å². The maximum atomic E-state index is 13.1. The molecule has 1 saturated heterocycles. The van der Waals surface area contributed by atoms with Crippen LogP contribution in [0.25, 0.3) is 11.3 Å². The number of piperidine rings is 1. The fraction of sp³-hybridized carbons (Fsp3) is 0.304. The van der Waals surface area contributed by atoms with E-state index in [2.05, 4.69) is 28.5 Å². The van der Waals surface area contributed by atoms with Crippen molar-refractivity contribution < 1.29 is 8.42 Å². The van der Waals surface area contributed by atoms with Gasteiger partial charge in [0.1, 0.15) is 0 Å². The predicted octanol–water partition coefficient (Wildman–Crippen LogP) is 3.46. The SMILES string of the molecule is CNc1ncc2c(n1)-c1ccccc1C1(CCN(S(=O)(=O)c3ccccc3)CC1)C2. The summed E-state index contributed by atoms with van der Waals surface area (Å²) in [5.41, 5.74) is 4.44. The first-order chi connectivity index (χ1) is 14.5. The van der Waals surface area contributed by atoms with Crippen LogP contribution in [0.3, 0.4) is 0 Å². The summed E-state index contributed by atoms with van der Waals surface area (Å²) in [6, 6.07) is 17.1. The Bertz CT molecular complexity index is 1190. The summed E-state index contributed by atoms with van der Waals surface area (Å²) in [6.45, 7) is 1.02. The molecule has 1 aliphatic heterocycles. The maximum Gasteiger partial charge on any atom is 0.243 e. The molecule has 6 nitrogen and oxygen atoms in total. The zero-order chi connectivity index (χ0) is 20.8. The van der Waals surface area contributed by atoms with E-state index in [9.17, 15) is 8.42 Å². The Morgan fingerprint density at radius 1 is 1.00 bits per heavy atom. The lowest BCUT2D eigenvalue weighted by molar-refractivity contribution is 0.229. The molecule has 0 amide bonds. The zero-order valence-electron chi connectivity index (χ0n) is 16.9. The highest BCUT2D eigenvalue weighted by molar-refractivity contribution is 7.89. The average molecular weight is 421 g/mol. The molecular weight excluding hydrogens is 396 g/mol. The maximum absolute atomic E-state index is 13.1. The van der Waals surface area contributed by atoms with Gasteiger partial charge in [0.25, 0.3) is 0 Å². The van der Waals surface area contributed by atoms with E-state index in [-0.39, 0.29) is 5.41 Å². The molecule has 0 saturated carbocycles. The van der Waals surface area contributed by atoms with Crippen LogP contribution in [-0.4, -0.2) is 42.8 Å². The van der Waals surface area contributed by atoms with Crippen LogP contribution in [0.1, 0.15) is 24.0 Å². The monoisotopic (exact) mass is 420 g/mol. The van der Waals surface area contributed by atoms with Gasteiger partial charge in [-0.05, 0) is 42.5 Å². The number of rotatable bonds is 3. The molecule has 30 heavy (non-hydrogen) atoms. The van der Waals surface area contributed by atoms with Crippen molar-refractivity contribution in [3.63, 3.8) is 0 Å². The lowest BCUT2D eigenvalue weighted by Gasteiger charge is -2.45. The standard InChI is InChI=1S/C23H24N4O2S/c1-24-22-25-16-17-15-23(20-10-6-5-9-19(20)21(17)26-22)11-13-27(14-12-23)30(28,29)18-7-3-2-4-8-18/h2-10,16H,11-15H2,1H3,(H,24,25,26). The molecule has 0 radical (unpaired) electrons. The van der Waals surface area contributed by atoms with Crippen molar-refractivity contribution in [2.45, 2.75) is 29.6 Å². The zero-order valence-corrected chi connectivity index (χ0v) is 17.7. The van der Waals surface area contributed by atoms with Crippen LogP contribution in [0.2, 0.25) is 0 Å². The molecule has 1 spiro atoms. The van der Waals surface area contributed by atoms with Crippen molar-refractivity contribution in [2.75, 3.05) is 25.5 Å². The number of nitrogens with one attached hydrogen (secondary N) is 1. The number of fused-ring (bicyclic) bond motifs is 4. The fourth-order valence-electron chi connectivity index (χ4n) is 4.84. The highest BCUT2D eigenvalue weighted by Gasteiger charge is 2.44. The molecule has 5 rings (SSSR count). The lowest BCUT2D eigenvalue weighted by Crippen LogP contribution is -2.47. The molecule has 7 heteroatoms. The number of hydrogen-bond donors (Lipinski definition) is 1. The Morgan fingerprint density at radius 2 is 1.70 bits per heavy atom. The Hall–Kier alpha value is -2.77. The van der Waals surface area contributed by atoms with E-state index < -0.39 is 10.0 Å². The number of nitrogens with zero attached hydrogens (tertiary/aromatic N) is 3. The minimum Gasteiger partial charge on any atom is -0.357 e. The molecule has 154 valence electrons. The van der Waals surface area contributed by atoms with Crippen LogP contribution in [-0.2, 0) is 21.9 Å². The summed E-state index contributed by atoms with van der Waals surface area (Å²) in [5.74, 6) is 0.614. The minimum atomic E-state index is -3.46. The molecule has 2 heterocycles. The van der Waals surface area contributed by atoms with Gasteiger partial charge in [-0.15, -0.1) is 0 Å². The third-order valence-corrected chi connectivity index (χ3v) is 8.34. The van der Waals surface area contributed by atoms with Crippen LogP contribution in [0, 0.1) is 0 Å². The van der Waals surface area contributed by atoms with Gasteiger partial charge in [-0.2, -0.15) is 4.31 Å². The third kappa shape index (κ3) is 3.00. The van der Waals surface area contributed by atoms with Crippen molar-refractivity contribution in [1.29, 1.82) is 0 Å². The number of benzene rings is 2. The highest BCUT2D eigenvalue weighted by atomic mass is 32.2. The number of sulfonamides is 1. The summed E-state index contributed by atoms with van der Waals surface area (Å²) in [4.78, 5) is 9.51. The molecule has 1 N–H and O–H groups in total. The van der Waals surface area contributed by atoms with Crippen molar-refractivity contribution in [3.8, 4) is 11.3 Å². The molecule has 2 aromatic carbocycles. The largest absolute Gasteiger partial charge is 0.357 e. The molecule has 1 aromatic heterocycles. The quantitative estimate of drug-likeness (QED) is 0.702. The highest BCUT2D eigenvalue weighted by Crippen LogP contribution is 2.48. The van der Waals surface area contributed by atoms with Crippen LogP contribution >= 0.6 is 0 Å². The Labute approximate surface area is 177 Å². The van der Waals surface area contributed by atoms with Gasteiger partial charge in [0.05, 0.1) is 10.6 Å². The first kappa shape index (κ1) is 19.2. The smallest absolute Gasteiger partial charge is 0.243 e. The van der Waals surface area contributed by atoms with Crippen LogP contribution in [0.4, 0.5) is 5.95 Å². The third-order valence-electron chi connectivity index (χ3n) is 6.43. The first-order valence-corrected chi connectivity index (χ1v) is 11.7. The molecule has 1 aliphatic carbocycles. The summed E-state index contributed by atoms with van der Waals surface area (Å²) in [6.07, 6.45) is 4.31. The second kappa shape index (κ2) is 7.18. The van der Waals surface area contributed by atoms with E-state index in [0.717, 1.165) is 36.1 Å². The van der Waals surface area contributed by atoms with E-state index >= 15 is 0 Å². The van der Waals surface area contributed by atoms with Gasteiger partial charge >= 0.3 is 0 Å². The average Bonchev–Trinajstić information content (AvgIpc) is 2.80. The van der Waals surface area contributed by atoms with E-state index in [0.29, 0.717) is 23.9 Å². The normalized spacial score (nSPS) is 17.9. The van der Waals surface area contributed by atoms with Crippen LogP contribution < -0.4 is 5.32 Å². The van der Waals surface area contributed by atoms with Crippen molar-refractivity contribution in [3.05, 3.63) is 71.9 Å². The molecule has 1 fully saturated rings. The fourth-order valence-corrected chi connectivity index (χ4v) is 6.31. The van der Waals surface area contributed by atoms with Crippen LogP contribution in [0.5, 0.6) is 0 Å². The Kier molecular flexibility index (Phi) is 4.60. The minimum absolute atomic E-state index is 0.0865. The molecule has 0 atom stereocenters. The molecule has 0 bridgehead atoms. The van der Waals surface area contributed by atoms with E-state index in [4.69, 9.17) is 4.98 Å². The molecular formula is C23H24N4O2S. The summed E-state index contributed by atoms with van der Waals surface area (Å²) >= 11 is 0. The predicted molar refractivity (Wildman–Crippen MR) is 117 cm³/mol. The van der Waals surface area contributed by atoms with E-state index in [1.165, 1.54) is 5.56 Å². The number of aromatic nitrogens is 2. The lowest BCUT2D eigenvalue weighted by atomic mass is 9.64. The number of anilines is 1. The van der Waals surface area contributed by atoms with Gasteiger partial charge in [-0.1, -0.05) is 42.5 Å². The van der Waals surface area contributed by atoms with Gasteiger partial charge in [-0.3, -0.25) is 0 Å². The van der Waals surface area contributed by atoms with Gasteiger partial charge in [-0.25, -0.2) is 18.4 Å². The first-order valence-electron chi connectivity index (χ1n) is 10.2. The van der Waals surface area contributed by atoms with Gasteiger partial charge < -0.3 is 5.32 Å². The van der Waals surface area contributed by atoms with Crippen molar-refractivity contribution in [2.24, 2.45) is 0 Å². The van der Waals surface area contributed by atoms with E-state index in [1.54, 1.807) is 28.6 Å². The summed E-state index contributed by atoms with van der Waals surface area (Å²) in [7, 11) is -1.64. The van der Waals surface area contributed by atoms with Gasteiger partial charge in [0.2, 0.25) is 16.0 Å². The number of hydrogen-bond acceptors (Lipinski definition) is 5. The van der Waals surface area contributed by atoms with Crippen molar-refractivity contribution >= 4 is 16.0 Å². The van der Waals surface area contributed by atoms with Crippen LogP contribution in [0.15, 0.2) is 65.7 Å². The van der Waals surface area contributed by atoms with E-state index in [1.807, 2.05) is 25.4 Å². The Balaban J connectivity index is 1.48. The second-order valence-corrected chi connectivity index (χ2v) is 9.98. The molecule has 0 unspecified atom stereocenters. The second-order valence-electron chi connectivity index (χ2n) is 8.04. The summed E-state index contributed by atoms with van der Waals surface area (Å²) < 4.78 is 27.8. The Morgan fingerprint density at radius 3 is 2.43 bits per heavy atom. The molecule has 3 aromatic rings. The van der Waals surface area contributed by atoms with Crippen molar-refractivity contribution in [1.82, 2.24) is 14.3 Å². The van der Waals surface area contributed by atoms with Gasteiger partial charge in [0.15, 0.2) is 0 Å². The topological polar surface area (TPSA) is 75.2 Å². The molecule has 2 aliphatic rings. The summed E-state index contributed by atoms with van der Waals surface area (Å²) in [5, 5.41) is 3.02.